The molecule has 2 aliphatic rings. The van der Waals surface area contributed by atoms with Crippen LogP contribution in [0.3, 0.4) is 0 Å². The smallest absolute Gasteiger partial charge is 0.0789 e. The Hall–Kier alpha value is -0.120. The maximum atomic E-state index is 6.20. The van der Waals surface area contributed by atoms with Crippen LogP contribution in [0.2, 0.25) is 0 Å². The van der Waals surface area contributed by atoms with Gasteiger partial charge in [0.2, 0.25) is 0 Å². The van der Waals surface area contributed by atoms with Crippen LogP contribution in [0.4, 0.5) is 0 Å². The molecule has 17 heavy (non-hydrogen) atoms. The van der Waals surface area contributed by atoms with E-state index < -0.39 is 0 Å². The highest BCUT2D eigenvalue weighted by Crippen LogP contribution is 2.41. The minimum atomic E-state index is -0.0278. The lowest BCUT2D eigenvalue weighted by Crippen LogP contribution is -2.51. The van der Waals surface area contributed by atoms with Crippen LogP contribution in [0, 0.1) is 5.92 Å². The number of rotatable bonds is 2. The summed E-state index contributed by atoms with van der Waals surface area (Å²) in [5.41, 5.74) is 5.82. The van der Waals surface area contributed by atoms with E-state index in [1.807, 2.05) is 0 Å². The molecule has 2 atom stereocenters. The zero-order chi connectivity index (χ0) is 12.7. The number of piperidine rings is 1. The molecule has 0 aromatic heterocycles. The van der Waals surface area contributed by atoms with Crippen molar-refractivity contribution < 1.29 is 4.74 Å². The van der Waals surface area contributed by atoms with E-state index in [1.165, 1.54) is 19.4 Å². The second kappa shape index (κ2) is 4.52. The van der Waals surface area contributed by atoms with Crippen molar-refractivity contribution in [2.75, 3.05) is 19.6 Å². The summed E-state index contributed by atoms with van der Waals surface area (Å²) in [7, 11) is 0. The molecule has 0 aromatic rings. The molecular weight excluding hydrogens is 212 g/mol. The van der Waals surface area contributed by atoms with Gasteiger partial charge in [-0.1, -0.05) is 0 Å². The van der Waals surface area contributed by atoms with E-state index in [2.05, 4.69) is 32.6 Å². The molecule has 0 amide bonds. The third-order valence-electron chi connectivity index (χ3n) is 4.35. The third-order valence-corrected chi connectivity index (χ3v) is 4.35. The molecule has 2 aliphatic heterocycles. The zero-order valence-corrected chi connectivity index (χ0v) is 11.8. The van der Waals surface area contributed by atoms with Crippen molar-refractivity contribution in [1.29, 1.82) is 0 Å². The molecule has 2 fully saturated rings. The van der Waals surface area contributed by atoms with Crippen molar-refractivity contribution >= 4 is 0 Å². The highest BCUT2D eigenvalue weighted by atomic mass is 16.5. The van der Waals surface area contributed by atoms with Gasteiger partial charge < -0.3 is 10.5 Å². The Balaban J connectivity index is 2.06. The van der Waals surface area contributed by atoms with Gasteiger partial charge in [-0.2, -0.15) is 0 Å². The van der Waals surface area contributed by atoms with Crippen molar-refractivity contribution in [1.82, 2.24) is 4.90 Å². The van der Waals surface area contributed by atoms with Crippen LogP contribution >= 0.6 is 0 Å². The van der Waals surface area contributed by atoms with Crippen LogP contribution in [-0.2, 0) is 4.74 Å². The third kappa shape index (κ3) is 2.83. The molecule has 2 saturated heterocycles. The standard InChI is InChI=1S/C14H28N2O/c1-13(2)8-12(14(3,4)17-13)16-7-5-6-11(9-15)10-16/h11-12H,5-10,15H2,1-4H3. The van der Waals surface area contributed by atoms with E-state index in [1.54, 1.807) is 0 Å². The Bertz CT molecular complexity index is 275. The van der Waals surface area contributed by atoms with E-state index in [0.717, 1.165) is 19.5 Å². The fourth-order valence-corrected chi connectivity index (χ4v) is 3.67. The van der Waals surface area contributed by atoms with Crippen LogP contribution in [0.25, 0.3) is 0 Å². The quantitative estimate of drug-likeness (QED) is 0.802. The first-order chi connectivity index (χ1) is 7.84. The molecule has 3 heteroatoms. The van der Waals surface area contributed by atoms with Gasteiger partial charge >= 0.3 is 0 Å². The van der Waals surface area contributed by atoms with E-state index in [-0.39, 0.29) is 11.2 Å². The first-order valence-corrected chi connectivity index (χ1v) is 6.98. The Morgan fingerprint density at radius 2 is 2.00 bits per heavy atom. The Kier molecular flexibility index (Phi) is 3.54. The predicted octanol–water partition coefficient (Wildman–Crippen LogP) is 2.00. The van der Waals surface area contributed by atoms with Gasteiger partial charge in [0.25, 0.3) is 0 Å². The number of ether oxygens (including phenoxy) is 1. The van der Waals surface area contributed by atoms with Gasteiger partial charge in [0.1, 0.15) is 0 Å². The molecule has 100 valence electrons. The van der Waals surface area contributed by atoms with Gasteiger partial charge in [0.05, 0.1) is 11.2 Å². The second-order valence-electron chi connectivity index (χ2n) is 6.92. The summed E-state index contributed by atoms with van der Waals surface area (Å²) in [6.45, 7) is 12.1. The van der Waals surface area contributed by atoms with Crippen LogP contribution in [-0.4, -0.2) is 41.8 Å². The second-order valence-corrected chi connectivity index (χ2v) is 6.92. The average molecular weight is 240 g/mol. The minimum absolute atomic E-state index is 0.0177. The van der Waals surface area contributed by atoms with Crippen LogP contribution in [0.15, 0.2) is 0 Å². The molecule has 2 unspecified atom stereocenters. The van der Waals surface area contributed by atoms with Crippen molar-refractivity contribution in [2.45, 2.75) is 64.2 Å². The van der Waals surface area contributed by atoms with Gasteiger partial charge in [-0.25, -0.2) is 0 Å². The van der Waals surface area contributed by atoms with Crippen molar-refractivity contribution in [2.24, 2.45) is 11.7 Å². The first kappa shape index (κ1) is 13.3. The summed E-state index contributed by atoms with van der Waals surface area (Å²) in [5, 5.41) is 0. The highest BCUT2D eigenvalue weighted by molar-refractivity contribution is 5.01. The molecule has 2 heterocycles. The lowest BCUT2D eigenvalue weighted by Gasteiger charge is -2.41. The summed E-state index contributed by atoms with van der Waals surface area (Å²) in [6, 6.07) is 0.548. The number of nitrogens with two attached hydrogens (primary N) is 1. The molecule has 3 nitrogen and oxygen atoms in total. The van der Waals surface area contributed by atoms with Gasteiger partial charge in [-0.3, -0.25) is 4.90 Å². The summed E-state index contributed by atoms with van der Waals surface area (Å²) in [5.74, 6) is 0.684. The normalized spacial score (nSPS) is 37.2. The molecular formula is C14H28N2O. The minimum Gasteiger partial charge on any atom is -0.368 e. The summed E-state index contributed by atoms with van der Waals surface area (Å²) < 4.78 is 6.20. The number of likely N-dealkylation sites (tertiary alicyclic amines) is 1. The molecule has 0 aromatic carbocycles. The lowest BCUT2D eigenvalue weighted by molar-refractivity contribution is -0.0832. The zero-order valence-electron chi connectivity index (χ0n) is 11.8. The molecule has 0 bridgehead atoms. The van der Waals surface area contributed by atoms with Crippen molar-refractivity contribution in [3.8, 4) is 0 Å². The van der Waals surface area contributed by atoms with E-state index >= 15 is 0 Å². The Morgan fingerprint density at radius 1 is 1.29 bits per heavy atom. The monoisotopic (exact) mass is 240 g/mol. The summed E-state index contributed by atoms with van der Waals surface area (Å²) >= 11 is 0. The predicted molar refractivity (Wildman–Crippen MR) is 71.0 cm³/mol. The van der Waals surface area contributed by atoms with Crippen molar-refractivity contribution in [3.63, 3.8) is 0 Å². The van der Waals surface area contributed by atoms with Crippen molar-refractivity contribution in [3.05, 3.63) is 0 Å². The first-order valence-electron chi connectivity index (χ1n) is 6.98. The molecule has 0 spiro atoms. The van der Waals surface area contributed by atoms with E-state index in [0.29, 0.717) is 12.0 Å². The molecule has 2 N–H and O–H groups in total. The van der Waals surface area contributed by atoms with Gasteiger partial charge in [-0.05, 0) is 66.0 Å². The van der Waals surface area contributed by atoms with E-state index in [4.69, 9.17) is 10.5 Å². The summed E-state index contributed by atoms with van der Waals surface area (Å²) in [4.78, 5) is 2.62. The largest absolute Gasteiger partial charge is 0.368 e. The Labute approximate surface area is 106 Å². The van der Waals surface area contributed by atoms with E-state index in [9.17, 15) is 0 Å². The topological polar surface area (TPSA) is 38.5 Å². The lowest BCUT2D eigenvalue weighted by atomic mass is 9.89. The maximum Gasteiger partial charge on any atom is 0.0789 e. The number of hydrogen-bond donors (Lipinski definition) is 1. The molecule has 0 radical (unpaired) electrons. The fourth-order valence-electron chi connectivity index (χ4n) is 3.67. The van der Waals surface area contributed by atoms with Crippen LogP contribution < -0.4 is 5.73 Å². The maximum absolute atomic E-state index is 6.20. The van der Waals surface area contributed by atoms with Gasteiger partial charge in [0, 0.05) is 12.6 Å². The SMILES string of the molecule is CC1(C)CC(N2CCCC(CN)C2)C(C)(C)O1. The van der Waals surface area contributed by atoms with Crippen LogP contribution in [0.1, 0.15) is 47.0 Å². The molecule has 0 aliphatic carbocycles. The number of hydrogen-bond acceptors (Lipinski definition) is 3. The van der Waals surface area contributed by atoms with Crippen LogP contribution in [0.5, 0.6) is 0 Å². The highest BCUT2D eigenvalue weighted by Gasteiger charge is 2.48. The van der Waals surface area contributed by atoms with Gasteiger partial charge in [0.15, 0.2) is 0 Å². The van der Waals surface area contributed by atoms with Gasteiger partial charge in [-0.15, -0.1) is 0 Å². The number of nitrogens with zero attached hydrogens (tertiary/aromatic N) is 1. The molecule has 0 saturated carbocycles. The Morgan fingerprint density at radius 3 is 2.53 bits per heavy atom. The summed E-state index contributed by atoms with van der Waals surface area (Å²) in [6.07, 6.45) is 3.72. The fraction of sp³-hybridized carbons (Fsp3) is 1.00. The average Bonchev–Trinajstić information content (AvgIpc) is 2.47. The molecule has 2 rings (SSSR count).